The Hall–Kier alpha value is -2.67. The zero-order valence-corrected chi connectivity index (χ0v) is 17.2. The fourth-order valence-electron chi connectivity index (χ4n) is 2.60. The molecule has 2 heterocycles. The number of carbonyl (C=O) groups excluding carboxylic acids is 1. The molecule has 0 unspecified atom stereocenters. The molecule has 146 valence electrons. The summed E-state index contributed by atoms with van der Waals surface area (Å²) in [7, 11) is 0. The van der Waals surface area contributed by atoms with E-state index in [1.165, 1.54) is 11.8 Å². The summed E-state index contributed by atoms with van der Waals surface area (Å²) in [6.07, 6.45) is 3.51. The SMILES string of the molecule is CC(C)[C@@H](C)NC(=O)CSc1nnc(-c2cccnc2)n1Cc1ccccc1. The van der Waals surface area contributed by atoms with Crippen molar-refractivity contribution in [3.8, 4) is 11.4 Å². The molecule has 0 saturated heterocycles. The van der Waals surface area contributed by atoms with Crippen LogP contribution in [0.5, 0.6) is 0 Å². The zero-order valence-electron chi connectivity index (χ0n) is 16.4. The molecule has 0 saturated carbocycles. The number of nitrogens with zero attached hydrogens (tertiary/aromatic N) is 4. The van der Waals surface area contributed by atoms with Crippen LogP contribution in [0.4, 0.5) is 0 Å². The van der Waals surface area contributed by atoms with Gasteiger partial charge in [-0.1, -0.05) is 55.9 Å². The van der Waals surface area contributed by atoms with Crippen LogP contribution in [0.3, 0.4) is 0 Å². The van der Waals surface area contributed by atoms with Crippen LogP contribution < -0.4 is 5.32 Å². The highest BCUT2D eigenvalue weighted by atomic mass is 32.2. The average molecular weight is 396 g/mol. The summed E-state index contributed by atoms with van der Waals surface area (Å²) >= 11 is 1.40. The van der Waals surface area contributed by atoms with Gasteiger partial charge in [0.2, 0.25) is 5.91 Å². The predicted octanol–water partition coefficient (Wildman–Crippen LogP) is 3.64. The van der Waals surface area contributed by atoms with E-state index >= 15 is 0 Å². The number of hydrogen-bond acceptors (Lipinski definition) is 5. The number of aromatic nitrogens is 4. The lowest BCUT2D eigenvalue weighted by Gasteiger charge is -2.17. The van der Waals surface area contributed by atoms with Crippen LogP contribution in [0.15, 0.2) is 60.0 Å². The van der Waals surface area contributed by atoms with Crippen molar-refractivity contribution >= 4 is 17.7 Å². The Morgan fingerprint density at radius 2 is 1.89 bits per heavy atom. The summed E-state index contributed by atoms with van der Waals surface area (Å²) in [5.74, 6) is 1.45. The summed E-state index contributed by atoms with van der Waals surface area (Å²) in [5.41, 5.74) is 2.04. The number of benzene rings is 1. The summed E-state index contributed by atoms with van der Waals surface area (Å²) in [6, 6.07) is 14.1. The van der Waals surface area contributed by atoms with Crippen molar-refractivity contribution in [3.63, 3.8) is 0 Å². The molecule has 3 aromatic rings. The molecule has 1 atom stereocenters. The van der Waals surface area contributed by atoms with Crippen LogP contribution in [0, 0.1) is 5.92 Å². The lowest BCUT2D eigenvalue weighted by atomic mass is 10.1. The Morgan fingerprint density at radius 3 is 2.57 bits per heavy atom. The third-order valence-corrected chi connectivity index (χ3v) is 5.51. The molecule has 0 radical (unpaired) electrons. The quantitative estimate of drug-likeness (QED) is 0.590. The van der Waals surface area contributed by atoms with E-state index in [0.717, 1.165) is 22.1 Å². The fraction of sp³-hybridized carbons (Fsp3) is 0.333. The van der Waals surface area contributed by atoms with Crippen molar-refractivity contribution in [3.05, 3.63) is 60.4 Å². The molecule has 1 N–H and O–H groups in total. The number of amides is 1. The van der Waals surface area contributed by atoms with Crippen molar-refractivity contribution < 1.29 is 4.79 Å². The molecule has 7 heteroatoms. The van der Waals surface area contributed by atoms with E-state index in [4.69, 9.17) is 0 Å². The maximum atomic E-state index is 12.3. The Balaban J connectivity index is 1.80. The summed E-state index contributed by atoms with van der Waals surface area (Å²) < 4.78 is 2.04. The van der Waals surface area contributed by atoms with E-state index < -0.39 is 0 Å². The second-order valence-corrected chi connectivity index (χ2v) is 7.95. The number of hydrogen-bond donors (Lipinski definition) is 1. The van der Waals surface area contributed by atoms with Gasteiger partial charge in [-0.15, -0.1) is 10.2 Å². The molecule has 0 fully saturated rings. The third-order valence-electron chi connectivity index (χ3n) is 4.54. The first-order valence-corrected chi connectivity index (χ1v) is 10.3. The van der Waals surface area contributed by atoms with Crippen molar-refractivity contribution in [1.29, 1.82) is 0 Å². The largest absolute Gasteiger partial charge is 0.353 e. The minimum absolute atomic E-state index is 0.00314. The second kappa shape index (κ2) is 9.50. The maximum Gasteiger partial charge on any atom is 0.230 e. The highest BCUT2D eigenvalue weighted by Crippen LogP contribution is 2.24. The fourth-order valence-corrected chi connectivity index (χ4v) is 3.35. The van der Waals surface area contributed by atoms with Crippen molar-refractivity contribution in [2.75, 3.05) is 5.75 Å². The van der Waals surface area contributed by atoms with Crippen molar-refractivity contribution in [2.24, 2.45) is 5.92 Å². The molecule has 0 spiro atoms. The number of carbonyl (C=O) groups is 1. The lowest BCUT2D eigenvalue weighted by Crippen LogP contribution is -2.37. The molecular weight excluding hydrogens is 370 g/mol. The van der Waals surface area contributed by atoms with Gasteiger partial charge in [-0.05, 0) is 30.5 Å². The molecule has 1 aromatic carbocycles. The van der Waals surface area contributed by atoms with Crippen LogP contribution in [0.25, 0.3) is 11.4 Å². The lowest BCUT2D eigenvalue weighted by molar-refractivity contribution is -0.119. The van der Waals surface area contributed by atoms with Gasteiger partial charge < -0.3 is 5.32 Å². The first-order valence-electron chi connectivity index (χ1n) is 9.34. The van der Waals surface area contributed by atoms with E-state index in [1.54, 1.807) is 12.4 Å². The third kappa shape index (κ3) is 5.19. The summed E-state index contributed by atoms with van der Waals surface area (Å²) in [6.45, 7) is 6.83. The first kappa shape index (κ1) is 20.1. The minimum atomic E-state index is 0.00314. The molecule has 1 amide bonds. The predicted molar refractivity (Wildman–Crippen MR) is 112 cm³/mol. The van der Waals surface area contributed by atoms with Crippen LogP contribution in [-0.2, 0) is 11.3 Å². The maximum absolute atomic E-state index is 12.3. The Kier molecular flexibility index (Phi) is 6.81. The molecule has 0 aliphatic heterocycles. The standard InChI is InChI=1S/C21H25N5OS/c1-15(2)16(3)23-19(27)14-28-21-25-24-20(18-10-7-11-22-12-18)26(21)13-17-8-5-4-6-9-17/h4-12,15-16H,13-14H2,1-3H3,(H,23,27)/t16-/m1/s1. The van der Waals surface area contributed by atoms with Crippen molar-refractivity contribution in [1.82, 2.24) is 25.1 Å². The van der Waals surface area contributed by atoms with Gasteiger partial charge in [0.25, 0.3) is 0 Å². The number of nitrogens with one attached hydrogen (secondary N) is 1. The Bertz CT molecular complexity index is 896. The minimum Gasteiger partial charge on any atom is -0.353 e. The van der Waals surface area contributed by atoms with Gasteiger partial charge in [-0.25, -0.2) is 0 Å². The first-order chi connectivity index (χ1) is 13.5. The van der Waals surface area contributed by atoms with Gasteiger partial charge in [0.1, 0.15) is 0 Å². The molecule has 0 aliphatic carbocycles. The summed E-state index contributed by atoms with van der Waals surface area (Å²) in [5, 5.41) is 12.5. The van der Waals surface area contributed by atoms with Gasteiger partial charge in [-0.3, -0.25) is 14.3 Å². The number of thioether (sulfide) groups is 1. The normalized spacial score (nSPS) is 12.1. The van der Waals surface area contributed by atoms with Gasteiger partial charge in [-0.2, -0.15) is 0 Å². The molecule has 28 heavy (non-hydrogen) atoms. The van der Waals surface area contributed by atoms with Crippen molar-refractivity contribution in [2.45, 2.75) is 38.5 Å². The van der Waals surface area contributed by atoms with Gasteiger partial charge >= 0.3 is 0 Å². The molecule has 0 bridgehead atoms. The molecular formula is C21H25N5OS. The van der Waals surface area contributed by atoms with E-state index in [1.807, 2.05) is 41.8 Å². The van der Waals surface area contributed by atoms with Gasteiger partial charge in [0.05, 0.1) is 12.3 Å². The van der Waals surface area contributed by atoms with E-state index in [0.29, 0.717) is 18.2 Å². The average Bonchev–Trinajstić information content (AvgIpc) is 3.10. The van der Waals surface area contributed by atoms with Gasteiger partial charge in [0.15, 0.2) is 11.0 Å². The second-order valence-electron chi connectivity index (χ2n) is 7.01. The Labute approximate surface area is 169 Å². The van der Waals surface area contributed by atoms with Crippen LogP contribution >= 0.6 is 11.8 Å². The van der Waals surface area contributed by atoms with Gasteiger partial charge in [0, 0.05) is 24.0 Å². The zero-order chi connectivity index (χ0) is 19.9. The Morgan fingerprint density at radius 1 is 1.11 bits per heavy atom. The van der Waals surface area contributed by atoms with E-state index in [2.05, 4.69) is 46.5 Å². The summed E-state index contributed by atoms with van der Waals surface area (Å²) in [4.78, 5) is 16.5. The van der Waals surface area contributed by atoms with Crippen LogP contribution in [0.1, 0.15) is 26.3 Å². The highest BCUT2D eigenvalue weighted by Gasteiger charge is 2.17. The van der Waals surface area contributed by atoms with E-state index in [9.17, 15) is 4.79 Å². The highest BCUT2D eigenvalue weighted by molar-refractivity contribution is 7.99. The molecule has 3 rings (SSSR count). The van der Waals surface area contributed by atoms with E-state index in [-0.39, 0.29) is 11.9 Å². The molecule has 0 aliphatic rings. The topological polar surface area (TPSA) is 72.7 Å². The number of pyridine rings is 1. The van der Waals surface area contributed by atoms with Crippen LogP contribution in [-0.4, -0.2) is 37.5 Å². The molecule has 2 aromatic heterocycles. The smallest absolute Gasteiger partial charge is 0.230 e. The molecule has 6 nitrogen and oxygen atoms in total. The monoisotopic (exact) mass is 395 g/mol. The number of rotatable bonds is 8. The van der Waals surface area contributed by atoms with Crippen LogP contribution in [0.2, 0.25) is 0 Å².